The average Bonchev–Trinajstić information content (AvgIpc) is 2.86. The van der Waals surface area contributed by atoms with Crippen LogP contribution < -0.4 is 21.7 Å². The maximum atomic E-state index is 12.4. The van der Waals surface area contributed by atoms with Crippen LogP contribution in [0.15, 0.2) is 18.5 Å². The van der Waals surface area contributed by atoms with E-state index in [1.54, 1.807) is 12.4 Å². The van der Waals surface area contributed by atoms with Crippen LogP contribution in [-0.4, -0.2) is 35.0 Å². The van der Waals surface area contributed by atoms with Crippen LogP contribution in [0.4, 0.5) is 16.4 Å². The molecule has 1 aliphatic heterocycles. The zero-order valence-electron chi connectivity index (χ0n) is 13.0. The molecule has 0 radical (unpaired) electrons. The van der Waals surface area contributed by atoms with Gasteiger partial charge < -0.3 is 21.7 Å². The zero-order chi connectivity index (χ0) is 16.4. The Morgan fingerprint density at radius 1 is 1.52 bits per heavy atom. The van der Waals surface area contributed by atoms with Gasteiger partial charge in [-0.2, -0.15) is 0 Å². The summed E-state index contributed by atoms with van der Waals surface area (Å²) in [7, 11) is 0. The number of aryl methyl sites for hydroxylation is 1. The number of thiazole rings is 1. The molecule has 1 atom stereocenters. The number of nitrogen functional groups attached to an aromatic ring is 1. The Labute approximate surface area is 138 Å². The van der Waals surface area contributed by atoms with Gasteiger partial charge in [0.15, 0.2) is 5.69 Å². The highest BCUT2D eigenvalue weighted by Gasteiger charge is 2.21. The van der Waals surface area contributed by atoms with Gasteiger partial charge in [0.05, 0.1) is 22.6 Å². The lowest BCUT2D eigenvalue weighted by Gasteiger charge is -2.33. The lowest BCUT2D eigenvalue weighted by molar-refractivity contribution is 0.102. The fourth-order valence-corrected chi connectivity index (χ4v) is 3.47. The summed E-state index contributed by atoms with van der Waals surface area (Å²) in [6.45, 7) is 3.51. The number of rotatable bonds is 3. The molecule has 3 rings (SSSR count). The Bertz CT molecular complexity index is 716. The summed E-state index contributed by atoms with van der Waals surface area (Å²) in [6.07, 6.45) is 5.42. The number of nitrogens with zero attached hydrogens (tertiary/aromatic N) is 3. The molecule has 3 heterocycles. The van der Waals surface area contributed by atoms with Crippen molar-refractivity contribution in [3.05, 3.63) is 29.2 Å². The molecular formula is C15H20N6OS. The Hall–Kier alpha value is -2.19. The van der Waals surface area contributed by atoms with E-state index in [9.17, 15) is 4.79 Å². The van der Waals surface area contributed by atoms with Crippen molar-refractivity contribution in [2.75, 3.05) is 29.0 Å². The number of nitrogens with two attached hydrogens (primary N) is 2. The first kappa shape index (κ1) is 15.7. The first-order valence-corrected chi connectivity index (χ1v) is 8.35. The molecular weight excluding hydrogens is 312 g/mol. The molecule has 5 N–H and O–H groups in total. The first-order valence-electron chi connectivity index (χ1n) is 7.53. The summed E-state index contributed by atoms with van der Waals surface area (Å²) < 4.78 is 0. The van der Waals surface area contributed by atoms with Gasteiger partial charge in [0.1, 0.15) is 5.00 Å². The number of carbonyl (C=O) groups excluding carboxylic acids is 1. The molecule has 0 aromatic carbocycles. The van der Waals surface area contributed by atoms with Crippen LogP contribution in [0.2, 0.25) is 0 Å². The molecule has 1 aliphatic rings. The molecule has 7 nitrogen and oxygen atoms in total. The largest absolute Gasteiger partial charge is 0.389 e. The number of pyridine rings is 1. The number of carbonyl (C=O) groups is 1. The molecule has 8 heteroatoms. The summed E-state index contributed by atoms with van der Waals surface area (Å²) in [4.78, 5) is 22.9. The number of amides is 1. The minimum Gasteiger partial charge on any atom is -0.389 e. The van der Waals surface area contributed by atoms with E-state index in [4.69, 9.17) is 11.5 Å². The van der Waals surface area contributed by atoms with E-state index in [2.05, 4.69) is 20.2 Å². The van der Waals surface area contributed by atoms with Crippen molar-refractivity contribution in [2.45, 2.75) is 25.8 Å². The standard InChI is InChI=1S/C15H20N6OS/c1-9-19-13(14(17)23-9)15(22)20-11-7-18-5-4-12(11)21-6-2-3-10(16)8-21/h4-5,7,10H,2-3,6,8,16-17H2,1H3,(H,20,22). The molecule has 1 saturated heterocycles. The first-order chi connectivity index (χ1) is 11.0. The van der Waals surface area contributed by atoms with E-state index < -0.39 is 0 Å². The van der Waals surface area contributed by atoms with Gasteiger partial charge >= 0.3 is 0 Å². The predicted molar refractivity (Wildman–Crippen MR) is 92.9 cm³/mol. The number of hydrogen-bond donors (Lipinski definition) is 3. The summed E-state index contributed by atoms with van der Waals surface area (Å²) >= 11 is 1.30. The molecule has 2 aromatic rings. The molecule has 23 heavy (non-hydrogen) atoms. The zero-order valence-corrected chi connectivity index (χ0v) is 13.8. The number of piperidine rings is 1. The van der Waals surface area contributed by atoms with Gasteiger partial charge in [-0.15, -0.1) is 11.3 Å². The SMILES string of the molecule is Cc1nc(C(=O)Nc2cnccc2N2CCCC(N)C2)c(N)s1. The summed E-state index contributed by atoms with van der Waals surface area (Å²) in [5, 5.41) is 4.06. The highest BCUT2D eigenvalue weighted by atomic mass is 32.1. The molecule has 1 amide bonds. The van der Waals surface area contributed by atoms with Gasteiger partial charge in [-0.1, -0.05) is 0 Å². The van der Waals surface area contributed by atoms with Crippen LogP contribution >= 0.6 is 11.3 Å². The molecule has 122 valence electrons. The third-order valence-corrected chi connectivity index (χ3v) is 4.62. The molecule has 0 bridgehead atoms. The van der Waals surface area contributed by atoms with E-state index in [1.165, 1.54) is 11.3 Å². The van der Waals surface area contributed by atoms with Crippen LogP contribution in [0.3, 0.4) is 0 Å². The molecule has 1 fully saturated rings. The van der Waals surface area contributed by atoms with Gasteiger partial charge in [0.2, 0.25) is 0 Å². The Morgan fingerprint density at radius 3 is 3.04 bits per heavy atom. The number of anilines is 3. The third-order valence-electron chi connectivity index (χ3n) is 3.82. The van der Waals surface area contributed by atoms with E-state index in [1.807, 2.05) is 13.0 Å². The van der Waals surface area contributed by atoms with Gasteiger partial charge in [0.25, 0.3) is 5.91 Å². The second-order valence-corrected chi connectivity index (χ2v) is 6.88. The smallest absolute Gasteiger partial charge is 0.277 e. The van der Waals surface area contributed by atoms with E-state index >= 15 is 0 Å². The van der Waals surface area contributed by atoms with Crippen LogP contribution in [-0.2, 0) is 0 Å². The number of aromatic nitrogens is 2. The number of nitrogens with one attached hydrogen (secondary N) is 1. The Kier molecular flexibility index (Phi) is 4.44. The Balaban J connectivity index is 1.83. The quantitative estimate of drug-likeness (QED) is 0.787. The van der Waals surface area contributed by atoms with Crippen LogP contribution in [0.25, 0.3) is 0 Å². The number of hydrogen-bond acceptors (Lipinski definition) is 7. The van der Waals surface area contributed by atoms with Crippen LogP contribution in [0.1, 0.15) is 28.3 Å². The lowest BCUT2D eigenvalue weighted by atomic mass is 10.1. The molecule has 2 aromatic heterocycles. The molecule has 0 saturated carbocycles. The van der Waals surface area contributed by atoms with Crippen molar-refractivity contribution in [3.8, 4) is 0 Å². The van der Waals surface area contributed by atoms with Crippen molar-refractivity contribution in [1.29, 1.82) is 0 Å². The van der Waals surface area contributed by atoms with Crippen molar-refractivity contribution >= 4 is 33.6 Å². The topological polar surface area (TPSA) is 110 Å². The van der Waals surface area contributed by atoms with Gasteiger partial charge in [-0.25, -0.2) is 4.98 Å². The molecule has 0 aliphatic carbocycles. The third kappa shape index (κ3) is 3.43. The van der Waals surface area contributed by atoms with Crippen molar-refractivity contribution in [2.24, 2.45) is 5.73 Å². The van der Waals surface area contributed by atoms with E-state index in [0.717, 1.165) is 36.6 Å². The van der Waals surface area contributed by atoms with Crippen molar-refractivity contribution in [3.63, 3.8) is 0 Å². The predicted octanol–water partition coefficient (Wildman–Crippen LogP) is 1.61. The van der Waals surface area contributed by atoms with Gasteiger partial charge in [-0.05, 0) is 25.8 Å². The fourth-order valence-electron chi connectivity index (χ4n) is 2.77. The molecule has 1 unspecified atom stereocenters. The molecule has 0 spiro atoms. The van der Waals surface area contributed by atoms with Crippen LogP contribution in [0.5, 0.6) is 0 Å². The second kappa shape index (κ2) is 6.51. The maximum Gasteiger partial charge on any atom is 0.277 e. The minimum atomic E-state index is -0.317. The Morgan fingerprint density at radius 2 is 2.35 bits per heavy atom. The summed E-state index contributed by atoms with van der Waals surface area (Å²) in [6, 6.07) is 2.04. The minimum absolute atomic E-state index is 0.150. The maximum absolute atomic E-state index is 12.4. The monoisotopic (exact) mass is 332 g/mol. The van der Waals surface area contributed by atoms with Gasteiger partial charge in [0, 0.05) is 25.3 Å². The lowest BCUT2D eigenvalue weighted by Crippen LogP contribution is -2.43. The summed E-state index contributed by atoms with van der Waals surface area (Å²) in [5.74, 6) is -0.317. The van der Waals surface area contributed by atoms with Crippen molar-refractivity contribution in [1.82, 2.24) is 9.97 Å². The highest BCUT2D eigenvalue weighted by molar-refractivity contribution is 7.15. The van der Waals surface area contributed by atoms with Crippen molar-refractivity contribution < 1.29 is 4.79 Å². The normalized spacial score (nSPS) is 18.0. The van der Waals surface area contributed by atoms with Gasteiger partial charge in [-0.3, -0.25) is 9.78 Å². The summed E-state index contributed by atoms with van der Waals surface area (Å²) in [5.41, 5.74) is 13.7. The average molecular weight is 332 g/mol. The van der Waals surface area contributed by atoms with E-state index in [-0.39, 0.29) is 17.6 Å². The fraction of sp³-hybridized carbons (Fsp3) is 0.400. The van der Waals surface area contributed by atoms with Crippen LogP contribution in [0, 0.1) is 6.92 Å². The van der Waals surface area contributed by atoms with E-state index in [0.29, 0.717) is 10.7 Å². The second-order valence-electron chi connectivity index (χ2n) is 5.64. The highest BCUT2D eigenvalue weighted by Crippen LogP contribution is 2.28.